The zero-order valence-corrected chi connectivity index (χ0v) is 16.5. The van der Waals surface area contributed by atoms with Crippen LogP contribution in [0.15, 0.2) is 17.1 Å². The first-order chi connectivity index (χ1) is 11.7. The number of thiophene rings is 1. The van der Waals surface area contributed by atoms with Gasteiger partial charge in [0.25, 0.3) is 0 Å². The summed E-state index contributed by atoms with van der Waals surface area (Å²) in [5.41, 5.74) is 0. The Morgan fingerprint density at radius 2 is 1.88 bits per heavy atom. The van der Waals surface area contributed by atoms with E-state index in [0.717, 1.165) is 38.6 Å². The predicted octanol–water partition coefficient (Wildman–Crippen LogP) is 2.00. The molecule has 24 heavy (non-hydrogen) atoms. The molecule has 2 heterocycles. The number of hydrogen-bond donors (Lipinski definition) is 2. The summed E-state index contributed by atoms with van der Waals surface area (Å²) in [5, 5.41) is 6.89. The van der Waals surface area contributed by atoms with Crippen LogP contribution in [-0.2, 0) is 13.0 Å². The molecule has 0 aromatic carbocycles. The molecule has 0 radical (unpaired) electrons. The van der Waals surface area contributed by atoms with Gasteiger partial charge in [-0.2, -0.15) is 0 Å². The Morgan fingerprint density at radius 3 is 2.46 bits per heavy atom. The van der Waals surface area contributed by atoms with E-state index in [-0.39, 0.29) is 0 Å². The first-order valence-corrected chi connectivity index (χ1v) is 9.96. The molecule has 0 spiro atoms. The van der Waals surface area contributed by atoms with Gasteiger partial charge in [-0.1, -0.05) is 13.8 Å². The molecule has 0 bridgehead atoms. The maximum atomic E-state index is 4.34. The summed E-state index contributed by atoms with van der Waals surface area (Å²) in [7, 11) is 1.84. The lowest BCUT2D eigenvalue weighted by molar-refractivity contribution is 0.107. The Bertz CT molecular complexity index is 505. The Morgan fingerprint density at radius 1 is 1.17 bits per heavy atom. The Kier molecular flexibility index (Phi) is 8.02. The van der Waals surface area contributed by atoms with E-state index in [1.807, 2.05) is 18.4 Å². The zero-order chi connectivity index (χ0) is 17.4. The molecule has 1 fully saturated rings. The molecule has 1 unspecified atom stereocenters. The van der Waals surface area contributed by atoms with Crippen molar-refractivity contribution in [3.63, 3.8) is 0 Å². The van der Waals surface area contributed by atoms with Crippen LogP contribution in [0.1, 0.15) is 30.5 Å². The molecule has 1 aliphatic heterocycles. The summed E-state index contributed by atoms with van der Waals surface area (Å²) in [4.78, 5) is 12.2. The van der Waals surface area contributed by atoms with Crippen molar-refractivity contribution in [1.29, 1.82) is 0 Å². The minimum atomic E-state index is 0.524. The average molecular weight is 352 g/mol. The fourth-order valence-electron chi connectivity index (χ4n) is 2.99. The van der Waals surface area contributed by atoms with Gasteiger partial charge in [-0.15, -0.1) is 11.3 Å². The van der Waals surface area contributed by atoms with E-state index < -0.39 is 0 Å². The second-order valence-electron chi connectivity index (χ2n) is 6.35. The monoisotopic (exact) mass is 351 g/mol. The van der Waals surface area contributed by atoms with Crippen LogP contribution in [0.25, 0.3) is 0 Å². The van der Waals surface area contributed by atoms with Gasteiger partial charge in [0.15, 0.2) is 5.96 Å². The van der Waals surface area contributed by atoms with Crippen LogP contribution in [0.5, 0.6) is 0 Å². The molecule has 6 heteroatoms. The standard InChI is InChI=1S/C18H33N5S/c1-5-16-7-8-17(24-16)14-21-18(19-4)20-13-15(3)23-11-9-22(6-2)10-12-23/h7-8,15H,5-6,9-14H2,1-4H3,(H2,19,20,21). The number of nitrogens with zero attached hydrogens (tertiary/aromatic N) is 3. The Labute approximate surface area is 151 Å². The fourth-order valence-corrected chi connectivity index (χ4v) is 3.89. The van der Waals surface area contributed by atoms with Gasteiger partial charge in [-0.05, 0) is 32.0 Å². The number of aryl methyl sites for hydroxylation is 1. The second-order valence-corrected chi connectivity index (χ2v) is 7.60. The number of rotatable bonds is 7. The molecule has 0 aliphatic carbocycles. The zero-order valence-electron chi connectivity index (χ0n) is 15.6. The lowest BCUT2D eigenvalue weighted by Gasteiger charge is -2.37. The van der Waals surface area contributed by atoms with Crippen LogP contribution >= 0.6 is 11.3 Å². The van der Waals surface area contributed by atoms with Crippen LogP contribution < -0.4 is 10.6 Å². The second kappa shape index (κ2) is 10.0. The van der Waals surface area contributed by atoms with Gasteiger partial charge in [-0.25, -0.2) is 0 Å². The van der Waals surface area contributed by atoms with Crippen molar-refractivity contribution in [1.82, 2.24) is 20.4 Å². The third-order valence-electron chi connectivity index (χ3n) is 4.76. The highest BCUT2D eigenvalue weighted by molar-refractivity contribution is 7.11. The van der Waals surface area contributed by atoms with Crippen molar-refractivity contribution in [2.45, 2.75) is 39.8 Å². The number of aliphatic imine (C=N–C) groups is 1. The molecule has 1 saturated heterocycles. The summed E-state index contributed by atoms with van der Waals surface area (Å²) in [5.74, 6) is 0.889. The summed E-state index contributed by atoms with van der Waals surface area (Å²) >= 11 is 1.88. The first-order valence-electron chi connectivity index (χ1n) is 9.14. The molecular weight excluding hydrogens is 318 g/mol. The maximum Gasteiger partial charge on any atom is 0.191 e. The van der Waals surface area contributed by atoms with Crippen molar-refractivity contribution in [3.8, 4) is 0 Å². The summed E-state index contributed by atoms with van der Waals surface area (Å²) in [6.45, 7) is 14.4. The number of likely N-dealkylation sites (N-methyl/N-ethyl adjacent to an activating group) is 1. The van der Waals surface area contributed by atoms with Crippen LogP contribution in [0.4, 0.5) is 0 Å². The van der Waals surface area contributed by atoms with Gasteiger partial charge in [0.2, 0.25) is 0 Å². The molecule has 1 aromatic rings. The van der Waals surface area contributed by atoms with E-state index in [0.29, 0.717) is 6.04 Å². The molecule has 5 nitrogen and oxygen atoms in total. The van der Waals surface area contributed by atoms with E-state index in [1.165, 1.54) is 29.4 Å². The highest BCUT2D eigenvalue weighted by atomic mass is 32.1. The van der Waals surface area contributed by atoms with Gasteiger partial charge < -0.3 is 15.5 Å². The predicted molar refractivity (Wildman–Crippen MR) is 105 cm³/mol. The van der Waals surface area contributed by atoms with E-state index in [2.05, 4.69) is 58.3 Å². The number of piperazine rings is 1. The van der Waals surface area contributed by atoms with Crippen molar-refractivity contribution in [2.75, 3.05) is 46.3 Å². The largest absolute Gasteiger partial charge is 0.355 e. The number of hydrogen-bond acceptors (Lipinski definition) is 4. The number of guanidine groups is 1. The van der Waals surface area contributed by atoms with Gasteiger partial charge >= 0.3 is 0 Å². The topological polar surface area (TPSA) is 42.9 Å². The lowest BCUT2D eigenvalue weighted by Crippen LogP contribution is -2.53. The maximum absolute atomic E-state index is 4.34. The quantitative estimate of drug-likeness (QED) is 0.582. The van der Waals surface area contributed by atoms with Crippen LogP contribution in [0.2, 0.25) is 0 Å². The molecule has 0 amide bonds. The third-order valence-corrected chi connectivity index (χ3v) is 5.99. The minimum absolute atomic E-state index is 0.524. The molecule has 136 valence electrons. The van der Waals surface area contributed by atoms with Crippen molar-refractivity contribution >= 4 is 17.3 Å². The lowest BCUT2D eigenvalue weighted by atomic mass is 10.2. The van der Waals surface area contributed by atoms with Crippen LogP contribution in [-0.4, -0.2) is 68.1 Å². The van der Waals surface area contributed by atoms with Gasteiger partial charge in [0.05, 0.1) is 6.54 Å². The Hall–Kier alpha value is -1.11. The van der Waals surface area contributed by atoms with Crippen molar-refractivity contribution in [2.24, 2.45) is 4.99 Å². The van der Waals surface area contributed by atoms with Crippen molar-refractivity contribution < 1.29 is 0 Å². The SMILES string of the molecule is CCc1ccc(CNC(=NC)NCC(C)N2CCN(CC)CC2)s1. The average Bonchev–Trinajstić information content (AvgIpc) is 3.09. The molecule has 0 saturated carbocycles. The highest BCUT2D eigenvalue weighted by Crippen LogP contribution is 2.16. The smallest absolute Gasteiger partial charge is 0.191 e. The molecule has 1 aromatic heterocycles. The van der Waals surface area contributed by atoms with Crippen molar-refractivity contribution in [3.05, 3.63) is 21.9 Å². The molecule has 1 atom stereocenters. The summed E-state index contributed by atoms with van der Waals surface area (Å²) in [6.07, 6.45) is 1.11. The molecule has 1 aliphatic rings. The molecule has 2 N–H and O–H groups in total. The molecule has 2 rings (SSSR count). The van der Waals surface area contributed by atoms with E-state index in [4.69, 9.17) is 0 Å². The van der Waals surface area contributed by atoms with Gasteiger partial charge in [-0.3, -0.25) is 9.89 Å². The van der Waals surface area contributed by atoms with Gasteiger partial charge in [0.1, 0.15) is 0 Å². The molecular formula is C18H33N5S. The highest BCUT2D eigenvalue weighted by Gasteiger charge is 2.20. The third kappa shape index (κ3) is 5.76. The summed E-state index contributed by atoms with van der Waals surface area (Å²) < 4.78 is 0. The fraction of sp³-hybridized carbons (Fsp3) is 0.722. The van der Waals surface area contributed by atoms with Crippen LogP contribution in [0, 0.1) is 0 Å². The van der Waals surface area contributed by atoms with E-state index in [9.17, 15) is 0 Å². The van der Waals surface area contributed by atoms with E-state index >= 15 is 0 Å². The number of nitrogens with one attached hydrogen (secondary N) is 2. The first kappa shape index (κ1) is 19.2. The minimum Gasteiger partial charge on any atom is -0.355 e. The van der Waals surface area contributed by atoms with Crippen LogP contribution in [0.3, 0.4) is 0 Å². The summed E-state index contributed by atoms with van der Waals surface area (Å²) in [6, 6.07) is 4.95. The van der Waals surface area contributed by atoms with E-state index in [1.54, 1.807) is 0 Å². The Balaban J connectivity index is 1.71. The van der Waals surface area contributed by atoms with Gasteiger partial charge in [0, 0.05) is 55.6 Å². The normalized spacial score (nSPS) is 18.6.